The fourth-order valence-corrected chi connectivity index (χ4v) is 13.8. The molecule has 3 aliphatic heterocycles. The van der Waals surface area contributed by atoms with Gasteiger partial charge in [-0.3, -0.25) is 0 Å². The summed E-state index contributed by atoms with van der Waals surface area (Å²) in [5.41, 5.74) is 24.8. The minimum absolute atomic E-state index is 0.0299. The highest BCUT2D eigenvalue weighted by molar-refractivity contribution is 7.25. The normalized spacial score (nSPS) is 13.7. The van der Waals surface area contributed by atoms with Crippen LogP contribution in [-0.4, -0.2) is 13.5 Å². The molecule has 10 aromatic carbocycles. The molecule has 0 saturated carbocycles. The van der Waals surface area contributed by atoms with Crippen molar-refractivity contribution in [1.29, 1.82) is 0 Å². The van der Waals surface area contributed by atoms with Crippen molar-refractivity contribution < 1.29 is 9.47 Å². The van der Waals surface area contributed by atoms with E-state index in [0.29, 0.717) is 0 Å². The van der Waals surface area contributed by atoms with Gasteiger partial charge in [-0.2, -0.15) is 0 Å². The summed E-state index contributed by atoms with van der Waals surface area (Å²) in [4.78, 5) is 5.10. The smallest absolute Gasteiger partial charge is 0.252 e. The number of ether oxygens (including phenoxy) is 2. The molecule has 0 amide bonds. The summed E-state index contributed by atoms with van der Waals surface area (Å²) >= 11 is 1.88. The van der Waals surface area contributed by atoms with Gasteiger partial charge in [0.1, 0.15) is 5.69 Å². The third kappa shape index (κ3) is 8.33. The van der Waals surface area contributed by atoms with Gasteiger partial charge >= 0.3 is 0 Å². The molecular formula is C74H65BN2O2S. The molecule has 0 bridgehead atoms. The van der Waals surface area contributed by atoms with E-state index in [1.165, 1.54) is 92.3 Å². The molecule has 0 spiro atoms. The topological polar surface area (TPSA) is 24.9 Å². The molecule has 0 fully saturated rings. The zero-order valence-electron chi connectivity index (χ0n) is 47.5. The van der Waals surface area contributed by atoms with Gasteiger partial charge in [0.25, 0.3) is 6.71 Å². The molecule has 1 aromatic heterocycles. The Morgan fingerprint density at radius 2 is 0.963 bits per heavy atom. The van der Waals surface area contributed by atoms with Crippen molar-refractivity contribution in [2.45, 2.75) is 85.5 Å². The molecule has 3 aliphatic rings. The van der Waals surface area contributed by atoms with Gasteiger partial charge in [-0.25, -0.2) is 0 Å². The van der Waals surface area contributed by atoms with Gasteiger partial charge in [-0.1, -0.05) is 196 Å². The van der Waals surface area contributed by atoms with Gasteiger partial charge in [0.05, 0.1) is 0 Å². The Balaban J connectivity index is 1.07. The van der Waals surface area contributed by atoms with Crippen molar-refractivity contribution in [3.05, 3.63) is 222 Å². The number of nitrogens with zero attached hydrogens (tertiary/aromatic N) is 2. The predicted octanol–water partition coefficient (Wildman–Crippen LogP) is 18.7. The van der Waals surface area contributed by atoms with Crippen LogP contribution in [0.3, 0.4) is 0 Å². The molecule has 11 aromatic rings. The molecule has 0 unspecified atom stereocenters. The quantitative estimate of drug-likeness (QED) is 0.155. The minimum Gasteiger partial charge on any atom is -0.454 e. The lowest BCUT2D eigenvalue weighted by atomic mass is 9.33. The first-order valence-corrected chi connectivity index (χ1v) is 29.1. The van der Waals surface area contributed by atoms with Crippen LogP contribution in [0.15, 0.2) is 200 Å². The lowest BCUT2D eigenvalue weighted by Crippen LogP contribution is -2.61. The molecule has 80 heavy (non-hydrogen) atoms. The van der Waals surface area contributed by atoms with E-state index in [1.807, 2.05) is 11.3 Å². The van der Waals surface area contributed by atoms with Gasteiger partial charge in [0.2, 0.25) is 6.79 Å². The van der Waals surface area contributed by atoms with E-state index in [1.54, 1.807) is 0 Å². The SMILES string of the molecule is Cc1cc2c3c(c1)N(c1c(-c4ccccc4)ccc4c1OCO4)c1ccc(C(C)(C)C)cc1B3c1cc(-c3ccc4c(c3)sc3ccccc34)ccc1N2c1cc(-c2ccc(C(C)(C)C)cc2)cc(-c2ccc(C(C)(C)C)cc2)c1. The van der Waals surface area contributed by atoms with Crippen LogP contribution < -0.4 is 35.7 Å². The third-order valence-electron chi connectivity index (χ3n) is 17.0. The molecule has 14 rings (SSSR count). The van der Waals surface area contributed by atoms with E-state index in [0.717, 1.165) is 56.6 Å². The van der Waals surface area contributed by atoms with Crippen molar-refractivity contribution in [2.24, 2.45) is 0 Å². The zero-order chi connectivity index (χ0) is 55.0. The van der Waals surface area contributed by atoms with Gasteiger partial charge < -0.3 is 19.3 Å². The molecule has 392 valence electrons. The lowest BCUT2D eigenvalue weighted by Gasteiger charge is -2.45. The molecule has 0 radical (unpaired) electrons. The number of anilines is 6. The molecule has 0 atom stereocenters. The number of thiophene rings is 1. The van der Waals surface area contributed by atoms with E-state index in [-0.39, 0.29) is 29.8 Å². The van der Waals surface area contributed by atoms with Crippen LogP contribution in [0.25, 0.3) is 64.7 Å². The van der Waals surface area contributed by atoms with Gasteiger partial charge in [0, 0.05) is 54.2 Å². The van der Waals surface area contributed by atoms with Crippen molar-refractivity contribution in [2.75, 3.05) is 16.6 Å². The molecule has 0 N–H and O–H groups in total. The van der Waals surface area contributed by atoms with E-state index in [4.69, 9.17) is 9.47 Å². The van der Waals surface area contributed by atoms with E-state index < -0.39 is 0 Å². The molecule has 4 heterocycles. The lowest BCUT2D eigenvalue weighted by molar-refractivity contribution is 0.174. The van der Waals surface area contributed by atoms with Crippen LogP contribution in [0.2, 0.25) is 0 Å². The Morgan fingerprint density at radius 1 is 0.412 bits per heavy atom. The largest absolute Gasteiger partial charge is 0.454 e. The van der Waals surface area contributed by atoms with Crippen LogP contribution in [0, 0.1) is 6.92 Å². The fourth-order valence-electron chi connectivity index (χ4n) is 12.6. The summed E-state index contributed by atoms with van der Waals surface area (Å²) in [6, 6.07) is 76.0. The van der Waals surface area contributed by atoms with Crippen LogP contribution in [0.4, 0.5) is 34.1 Å². The highest BCUT2D eigenvalue weighted by Gasteiger charge is 2.45. The highest BCUT2D eigenvalue weighted by atomic mass is 32.1. The second-order valence-corrected chi connectivity index (χ2v) is 26.5. The third-order valence-corrected chi connectivity index (χ3v) is 18.1. The monoisotopic (exact) mass is 1060 g/mol. The standard InChI is InChI=1S/C74H65BN2O2S/c1-45-36-64-69-65(37-45)77(70-57(48-16-12-11-13-17-48)32-35-66-71(70)79-44-78-66)63-34-30-55(74(8,9)10)43-61(63)75(69)60-41-49(50-24-31-59-58-18-14-15-19-67(58)80-68(59)42-50)25-33-62(60)76(64)56-39-51(46-20-26-53(27-21-46)72(2,3)4)38-52(40-56)47-22-28-54(29-23-47)73(5,6)7/h11-43H,44H2,1-10H3. The molecular weight excluding hydrogens is 992 g/mol. The number of hydrogen-bond acceptors (Lipinski definition) is 5. The average Bonchev–Trinajstić information content (AvgIpc) is 4.02. The Labute approximate surface area is 476 Å². The second-order valence-electron chi connectivity index (χ2n) is 25.4. The molecule has 0 saturated heterocycles. The first-order valence-electron chi connectivity index (χ1n) is 28.2. The van der Waals surface area contributed by atoms with Gasteiger partial charge in [0.15, 0.2) is 11.5 Å². The highest BCUT2D eigenvalue weighted by Crippen LogP contribution is 2.54. The zero-order valence-corrected chi connectivity index (χ0v) is 48.3. The van der Waals surface area contributed by atoms with Crippen LogP contribution >= 0.6 is 11.3 Å². The summed E-state index contributed by atoms with van der Waals surface area (Å²) in [5, 5.41) is 2.61. The maximum Gasteiger partial charge on any atom is 0.252 e. The number of rotatable bonds is 6. The number of aryl methyl sites for hydroxylation is 1. The average molecular weight is 1060 g/mol. The Morgan fingerprint density at radius 3 is 1.64 bits per heavy atom. The van der Waals surface area contributed by atoms with E-state index in [9.17, 15) is 0 Å². The van der Waals surface area contributed by atoms with Crippen LogP contribution in [0.1, 0.15) is 84.6 Å². The Bertz CT molecular complexity index is 4210. The maximum atomic E-state index is 6.63. The first-order chi connectivity index (χ1) is 38.4. The van der Waals surface area contributed by atoms with Gasteiger partial charge in [-0.15, -0.1) is 11.3 Å². The van der Waals surface area contributed by atoms with E-state index >= 15 is 0 Å². The van der Waals surface area contributed by atoms with Crippen LogP contribution in [-0.2, 0) is 16.2 Å². The number of hydrogen-bond donors (Lipinski definition) is 0. The second kappa shape index (κ2) is 18.4. The Kier molecular flexibility index (Phi) is 11.5. The molecule has 6 heteroatoms. The van der Waals surface area contributed by atoms with E-state index in [2.05, 4.69) is 279 Å². The fraction of sp³-hybridized carbons (Fsp3) is 0.189. The van der Waals surface area contributed by atoms with Crippen LogP contribution in [0.5, 0.6) is 11.5 Å². The van der Waals surface area contributed by atoms with Crippen molar-refractivity contribution >= 4 is 88.7 Å². The summed E-state index contributed by atoms with van der Waals surface area (Å²) in [6.07, 6.45) is 0. The Hall–Kier alpha value is -8.32. The van der Waals surface area contributed by atoms with Gasteiger partial charge in [-0.05, 0) is 167 Å². The summed E-state index contributed by atoms with van der Waals surface area (Å²) in [6.45, 7) is 23.0. The van der Waals surface area contributed by atoms with Crippen molar-refractivity contribution in [3.8, 4) is 56.0 Å². The minimum atomic E-state index is -0.125. The summed E-state index contributed by atoms with van der Waals surface area (Å²) in [5.74, 6) is 1.50. The number of fused-ring (bicyclic) bond motifs is 8. The maximum absolute atomic E-state index is 6.63. The number of benzene rings is 10. The molecule has 4 nitrogen and oxygen atoms in total. The molecule has 0 aliphatic carbocycles. The summed E-state index contributed by atoms with van der Waals surface area (Å²) < 4.78 is 15.5. The van der Waals surface area contributed by atoms with Crippen molar-refractivity contribution in [3.63, 3.8) is 0 Å². The first kappa shape index (κ1) is 49.9. The predicted molar refractivity (Wildman–Crippen MR) is 342 cm³/mol. The van der Waals surface area contributed by atoms with Crippen molar-refractivity contribution in [1.82, 2.24) is 0 Å². The summed E-state index contributed by atoms with van der Waals surface area (Å²) in [7, 11) is 0.